The third-order valence-electron chi connectivity index (χ3n) is 2.69. The molecule has 0 radical (unpaired) electrons. The average Bonchev–Trinajstić information content (AvgIpc) is 2.42. The second kappa shape index (κ2) is 5.29. The van der Waals surface area contributed by atoms with E-state index in [0.29, 0.717) is 12.5 Å². The van der Waals surface area contributed by atoms with Crippen molar-refractivity contribution < 1.29 is 9.63 Å². The number of carbonyl (C=O) groups excluding carboxylic acids is 1. The van der Waals surface area contributed by atoms with Crippen molar-refractivity contribution in [2.75, 3.05) is 13.1 Å². The zero-order valence-corrected chi connectivity index (χ0v) is 8.82. The largest absolute Gasteiger partial charge is 0.356 e. The lowest BCUT2D eigenvalue weighted by atomic mass is 10.1. The third kappa shape index (κ3) is 3.25. The highest BCUT2D eigenvalue weighted by Crippen LogP contribution is 2.21. The first-order chi connectivity index (χ1) is 6.63. The predicted octanol–water partition coefficient (Wildman–Crippen LogP) is 0.0283. The summed E-state index contributed by atoms with van der Waals surface area (Å²) in [4.78, 5) is 17.7. The van der Waals surface area contributed by atoms with Gasteiger partial charge in [0.15, 0.2) is 0 Å². The minimum atomic E-state index is -0.306. The molecule has 2 unspecified atom stereocenters. The van der Waals surface area contributed by atoms with Gasteiger partial charge in [-0.3, -0.25) is 9.69 Å². The Morgan fingerprint density at radius 3 is 2.86 bits per heavy atom. The van der Waals surface area contributed by atoms with Crippen LogP contribution >= 0.6 is 0 Å². The first-order valence-electron chi connectivity index (χ1n) is 5.02. The van der Waals surface area contributed by atoms with Crippen LogP contribution < -0.4 is 11.4 Å². The van der Waals surface area contributed by atoms with Gasteiger partial charge in [0, 0.05) is 19.1 Å². The fraction of sp³-hybridized carbons (Fsp3) is 0.889. The molecule has 0 aromatic heterocycles. The second-order valence-electron chi connectivity index (χ2n) is 4.03. The Balaban J connectivity index is 2.21. The monoisotopic (exact) mass is 201 g/mol. The molecule has 3 N–H and O–H groups in total. The van der Waals surface area contributed by atoms with E-state index in [9.17, 15) is 4.79 Å². The van der Waals surface area contributed by atoms with Crippen LogP contribution in [0.1, 0.15) is 26.7 Å². The number of likely N-dealkylation sites (tertiary alicyclic amines) is 1. The van der Waals surface area contributed by atoms with Gasteiger partial charge >= 0.3 is 5.97 Å². The normalized spacial score (nSPS) is 27.9. The Morgan fingerprint density at radius 1 is 1.64 bits per heavy atom. The topological polar surface area (TPSA) is 67.6 Å². The zero-order valence-electron chi connectivity index (χ0n) is 8.82. The molecule has 1 saturated heterocycles. The number of nitrogens with one attached hydrogen (secondary N) is 1. The number of hydrogen-bond acceptors (Lipinski definition) is 5. The highest BCUT2D eigenvalue weighted by Gasteiger charge is 2.26. The van der Waals surface area contributed by atoms with Gasteiger partial charge in [-0.25, -0.2) is 5.84 Å². The Hall–Kier alpha value is -0.650. The van der Waals surface area contributed by atoms with Gasteiger partial charge in [-0.05, 0) is 19.3 Å². The minimum absolute atomic E-state index is 0.306. The van der Waals surface area contributed by atoms with Gasteiger partial charge in [-0.1, -0.05) is 12.5 Å². The van der Waals surface area contributed by atoms with Crippen molar-refractivity contribution in [2.24, 2.45) is 11.8 Å². The van der Waals surface area contributed by atoms with Crippen LogP contribution in [0.4, 0.5) is 0 Å². The molecule has 0 saturated carbocycles. The zero-order chi connectivity index (χ0) is 10.6. The smallest absolute Gasteiger partial charge is 0.327 e. The Morgan fingerprint density at radius 2 is 2.36 bits per heavy atom. The Bertz CT molecular complexity index is 198. The van der Waals surface area contributed by atoms with Gasteiger partial charge in [0.05, 0.1) is 6.42 Å². The van der Waals surface area contributed by atoms with E-state index in [2.05, 4.69) is 23.6 Å². The van der Waals surface area contributed by atoms with E-state index in [0.717, 1.165) is 19.0 Å². The molecule has 1 heterocycles. The number of rotatable bonds is 4. The highest BCUT2D eigenvalue weighted by molar-refractivity contribution is 5.69. The third-order valence-corrected chi connectivity index (χ3v) is 2.69. The van der Waals surface area contributed by atoms with Gasteiger partial charge in [-0.2, -0.15) is 0 Å². The molecular weight excluding hydrogens is 182 g/mol. The highest BCUT2D eigenvalue weighted by atomic mass is 16.7. The molecule has 0 bridgehead atoms. The molecule has 14 heavy (non-hydrogen) atoms. The van der Waals surface area contributed by atoms with Crippen molar-refractivity contribution in [1.29, 1.82) is 0 Å². The van der Waals surface area contributed by atoms with E-state index in [1.807, 2.05) is 5.59 Å². The maximum absolute atomic E-state index is 11.0. The Kier molecular flexibility index (Phi) is 4.31. The summed E-state index contributed by atoms with van der Waals surface area (Å²) in [7, 11) is 0. The summed E-state index contributed by atoms with van der Waals surface area (Å²) in [5.74, 6) is 5.28. The molecule has 1 fully saturated rings. The lowest BCUT2D eigenvalue weighted by Gasteiger charge is -2.19. The predicted molar refractivity (Wildman–Crippen MR) is 52.8 cm³/mol. The molecule has 0 aromatic rings. The second-order valence-corrected chi connectivity index (χ2v) is 4.03. The SMILES string of the molecule is CC1CC(C)N(CCC(=O)ONN)C1. The summed E-state index contributed by atoms with van der Waals surface area (Å²) in [6.45, 7) is 6.25. The molecule has 82 valence electrons. The molecule has 1 aliphatic heterocycles. The van der Waals surface area contributed by atoms with Crippen LogP contribution in [0.2, 0.25) is 0 Å². The van der Waals surface area contributed by atoms with E-state index in [1.54, 1.807) is 0 Å². The summed E-state index contributed by atoms with van der Waals surface area (Å²) >= 11 is 0. The first-order valence-corrected chi connectivity index (χ1v) is 5.02. The number of hydrazine groups is 1. The fourth-order valence-corrected chi connectivity index (χ4v) is 2.05. The number of nitrogens with zero attached hydrogens (tertiary/aromatic N) is 1. The van der Waals surface area contributed by atoms with Crippen LogP contribution in [0.15, 0.2) is 0 Å². The summed E-state index contributed by atoms with van der Waals surface area (Å²) < 4.78 is 0. The van der Waals surface area contributed by atoms with Gasteiger partial charge in [-0.15, -0.1) is 0 Å². The number of nitrogens with two attached hydrogens (primary N) is 1. The molecule has 0 aliphatic carbocycles. The summed E-state index contributed by atoms with van der Waals surface area (Å²) in [6.07, 6.45) is 1.60. The molecule has 1 aliphatic rings. The van der Waals surface area contributed by atoms with E-state index in [4.69, 9.17) is 5.84 Å². The van der Waals surface area contributed by atoms with Gasteiger partial charge < -0.3 is 4.84 Å². The number of hydrogen-bond donors (Lipinski definition) is 2. The van der Waals surface area contributed by atoms with Crippen LogP contribution in [-0.2, 0) is 9.63 Å². The molecule has 5 heteroatoms. The number of carbonyl (C=O) groups is 1. The maximum Gasteiger partial charge on any atom is 0.327 e. The molecule has 5 nitrogen and oxygen atoms in total. The summed E-state index contributed by atoms with van der Waals surface area (Å²) in [6, 6.07) is 0.573. The van der Waals surface area contributed by atoms with Crippen LogP contribution in [-0.4, -0.2) is 30.0 Å². The van der Waals surface area contributed by atoms with E-state index in [1.165, 1.54) is 6.42 Å². The molecule has 0 aromatic carbocycles. The first kappa shape index (κ1) is 11.4. The van der Waals surface area contributed by atoms with E-state index < -0.39 is 0 Å². The lowest BCUT2D eigenvalue weighted by molar-refractivity contribution is -0.151. The van der Waals surface area contributed by atoms with E-state index >= 15 is 0 Å². The van der Waals surface area contributed by atoms with E-state index in [-0.39, 0.29) is 5.97 Å². The lowest BCUT2D eigenvalue weighted by Crippen LogP contribution is -2.32. The van der Waals surface area contributed by atoms with Gasteiger partial charge in [0.25, 0.3) is 0 Å². The minimum Gasteiger partial charge on any atom is -0.356 e. The molecule has 1 rings (SSSR count). The van der Waals surface area contributed by atoms with Crippen LogP contribution in [0.3, 0.4) is 0 Å². The standard InChI is InChI=1S/C9H19N3O2/c1-7-5-8(2)12(6-7)4-3-9(13)14-11-10/h7-8,11H,3-6,10H2,1-2H3. The van der Waals surface area contributed by atoms with Crippen molar-refractivity contribution in [1.82, 2.24) is 10.5 Å². The van der Waals surface area contributed by atoms with Crippen molar-refractivity contribution in [2.45, 2.75) is 32.7 Å². The van der Waals surface area contributed by atoms with Crippen molar-refractivity contribution in [3.05, 3.63) is 0 Å². The average molecular weight is 201 g/mol. The van der Waals surface area contributed by atoms with Crippen LogP contribution in [0.25, 0.3) is 0 Å². The van der Waals surface area contributed by atoms with Crippen LogP contribution in [0.5, 0.6) is 0 Å². The molecule has 2 atom stereocenters. The molecule has 0 spiro atoms. The quantitative estimate of drug-likeness (QED) is 0.496. The van der Waals surface area contributed by atoms with Crippen molar-refractivity contribution >= 4 is 5.97 Å². The van der Waals surface area contributed by atoms with Gasteiger partial charge in [0.1, 0.15) is 0 Å². The molecule has 0 amide bonds. The van der Waals surface area contributed by atoms with Crippen molar-refractivity contribution in [3.8, 4) is 0 Å². The summed E-state index contributed by atoms with van der Waals surface area (Å²) in [5, 5.41) is 0. The Labute approximate surface area is 84.5 Å². The summed E-state index contributed by atoms with van der Waals surface area (Å²) in [5.41, 5.74) is 1.89. The fourth-order valence-electron chi connectivity index (χ4n) is 2.05. The van der Waals surface area contributed by atoms with Gasteiger partial charge in [0.2, 0.25) is 0 Å². The van der Waals surface area contributed by atoms with Crippen LogP contribution in [0, 0.1) is 5.92 Å². The maximum atomic E-state index is 11.0. The van der Waals surface area contributed by atoms with Crippen molar-refractivity contribution in [3.63, 3.8) is 0 Å². The molecular formula is C9H19N3O2.